The van der Waals surface area contributed by atoms with Crippen LogP contribution in [0.4, 0.5) is 0 Å². The molecule has 1 aliphatic rings. The van der Waals surface area contributed by atoms with E-state index >= 15 is 0 Å². The Morgan fingerprint density at radius 1 is 1.39 bits per heavy atom. The molecule has 2 aromatic rings. The van der Waals surface area contributed by atoms with Crippen molar-refractivity contribution < 1.29 is 9.21 Å². The van der Waals surface area contributed by atoms with Crippen molar-refractivity contribution in [2.24, 2.45) is 0 Å². The monoisotopic (exact) mass is 335 g/mol. The average molecular weight is 335 g/mol. The zero-order valence-electron chi connectivity index (χ0n) is 13.2. The molecular formula is C16H21N3O3S. The van der Waals surface area contributed by atoms with Crippen LogP contribution in [0.3, 0.4) is 0 Å². The molecule has 0 radical (unpaired) electrons. The molecule has 0 aromatic carbocycles. The number of amides is 1. The molecule has 124 valence electrons. The number of nitrogens with zero attached hydrogens (tertiary/aromatic N) is 2. The van der Waals surface area contributed by atoms with E-state index in [2.05, 4.69) is 10.4 Å². The van der Waals surface area contributed by atoms with Crippen molar-refractivity contribution in [1.82, 2.24) is 15.1 Å². The van der Waals surface area contributed by atoms with Crippen LogP contribution in [0.1, 0.15) is 51.5 Å². The topological polar surface area (TPSA) is 77.1 Å². The van der Waals surface area contributed by atoms with E-state index < -0.39 is 11.8 Å². The molecule has 0 spiro atoms. The smallest absolute Gasteiger partial charge is 0.387 e. The van der Waals surface area contributed by atoms with Gasteiger partial charge in [-0.2, -0.15) is 4.68 Å². The average Bonchev–Trinajstić information content (AvgIpc) is 3.12. The summed E-state index contributed by atoms with van der Waals surface area (Å²) in [6, 6.07) is 3.22. The minimum atomic E-state index is -0.678. The number of hydrogen-bond acceptors (Lipinski definition) is 5. The lowest BCUT2D eigenvalue weighted by molar-refractivity contribution is -0.125. The minimum Gasteiger partial charge on any atom is -0.387 e. The lowest BCUT2D eigenvalue weighted by atomic mass is 10.1. The standard InChI is InChI=1S/C16H21N3O3S/c1-11(14(20)17-12-7-4-2-3-5-8-12)19-16(21)22-15(18-19)13-9-6-10-23-13/h6,9-12H,2-5,7-8H2,1H3,(H,17,20)/t11-/m1/s1. The fourth-order valence-electron chi connectivity index (χ4n) is 2.89. The molecule has 3 rings (SSSR count). The number of nitrogens with one attached hydrogen (secondary N) is 1. The Labute approximate surface area is 138 Å². The molecule has 2 heterocycles. The quantitative estimate of drug-likeness (QED) is 0.872. The first kappa shape index (κ1) is 16.0. The Balaban J connectivity index is 1.70. The van der Waals surface area contributed by atoms with Gasteiger partial charge < -0.3 is 9.73 Å². The summed E-state index contributed by atoms with van der Waals surface area (Å²) in [7, 11) is 0. The van der Waals surface area contributed by atoms with E-state index in [-0.39, 0.29) is 17.8 Å². The van der Waals surface area contributed by atoms with Gasteiger partial charge in [0.15, 0.2) is 0 Å². The van der Waals surface area contributed by atoms with E-state index in [0.29, 0.717) is 0 Å². The first-order valence-corrected chi connectivity index (χ1v) is 8.97. The van der Waals surface area contributed by atoms with Crippen molar-refractivity contribution in [3.05, 3.63) is 28.1 Å². The SMILES string of the molecule is C[C@H](C(=O)NC1CCCCCC1)n1nc(-c2cccs2)oc1=O. The molecule has 23 heavy (non-hydrogen) atoms. The zero-order chi connectivity index (χ0) is 16.2. The Morgan fingerprint density at radius 2 is 2.13 bits per heavy atom. The predicted molar refractivity (Wildman–Crippen MR) is 88.4 cm³/mol. The molecule has 1 amide bonds. The fraction of sp³-hybridized carbons (Fsp3) is 0.562. The largest absolute Gasteiger partial charge is 0.438 e. The Hall–Kier alpha value is -1.89. The first-order chi connectivity index (χ1) is 11.1. The summed E-state index contributed by atoms with van der Waals surface area (Å²) in [5.41, 5.74) is 0. The van der Waals surface area contributed by atoms with Crippen molar-refractivity contribution in [2.45, 2.75) is 57.5 Å². The van der Waals surface area contributed by atoms with E-state index in [0.717, 1.165) is 35.2 Å². The van der Waals surface area contributed by atoms with Gasteiger partial charge in [-0.05, 0) is 31.2 Å². The fourth-order valence-corrected chi connectivity index (χ4v) is 3.53. The zero-order valence-corrected chi connectivity index (χ0v) is 14.0. The van der Waals surface area contributed by atoms with E-state index in [1.807, 2.05) is 17.5 Å². The highest BCUT2D eigenvalue weighted by Crippen LogP contribution is 2.22. The van der Waals surface area contributed by atoms with Crippen LogP contribution in [0.2, 0.25) is 0 Å². The van der Waals surface area contributed by atoms with Crippen molar-refractivity contribution >= 4 is 17.2 Å². The van der Waals surface area contributed by atoms with Crippen LogP contribution in [0.5, 0.6) is 0 Å². The summed E-state index contributed by atoms with van der Waals surface area (Å²) in [5, 5.41) is 9.11. The molecule has 7 heteroatoms. The van der Waals surface area contributed by atoms with Crippen LogP contribution in [0, 0.1) is 0 Å². The van der Waals surface area contributed by atoms with Gasteiger partial charge in [-0.25, -0.2) is 4.79 Å². The molecule has 6 nitrogen and oxygen atoms in total. The van der Waals surface area contributed by atoms with Crippen LogP contribution >= 0.6 is 11.3 Å². The predicted octanol–water partition coefficient (Wildman–Crippen LogP) is 2.96. The minimum absolute atomic E-state index is 0.176. The van der Waals surface area contributed by atoms with Gasteiger partial charge in [-0.3, -0.25) is 4.79 Å². The Bertz CT molecular complexity index is 696. The molecular weight excluding hydrogens is 314 g/mol. The summed E-state index contributed by atoms with van der Waals surface area (Å²) < 4.78 is 6.29. The summed E-state index contributed by atoms with van der Waals surface area (Å²) in [4.78, 5) is 25.2. The van der Waals surface area contributed by atoms with E-state index in [9.17, 15) is 9.59 Å². The van der Waals surface area contributed by atoms with Gasteiger partial charge in [0.2, 0.25) is 5.91 Å². The third kappa shape index (κ3) is 3.72. The maximum Gasteiger partial charge on any atom is 0.438 e. The van der Waals surface area contributed by atoms with Gasteiger partial charge >= 0.3 is 5.76 Å². The third-order valence-electron chi connectivity index (χ3n) is 4.25. The van der Waals surface area contributed by atoms with Crippen molar-refractivity contribution in [3.8, 4) is 10.8 Å². The van der Waals surface area contributed by atoms with Crippen LogP contribution < -0.4 is 11.1 Å². The van der Waals surface area contributed by atoms with Crippen molar-refractivity contribution in [3.63, 3.8) is 0 Å². The van der Waals surface area contributed by atoms with E-state index in [1.54, 1.807) is 6.92 Å². The second-order valence-electron chi connectivity index (χ2n) is 5.97. The molecule has 1 atom stereocenters. The molecule has 0 unspecified atom stereocenters. The molecule has 0 saturated heterocycles. The van der Waals surface area contributed by atoms with Crippen molar-refractivity contribution in [2.75, 3.05) is 0 Å². The summed E-state index contributed by atoms with van der Waals surface area (Å²) in [6.07, 6.45) is 6.76. The number of aromatic nitrogens is 2. The lowest BCUT2D eigenvalue weighted by Gasteiger charge is -2.18. The van der Waals surface area contributed by atoms with Gasteiger partial charge in [0, 0.05) is 6.04 Å². The normalized spacial score (nSPS) is 17.6. The van der Waals surface area contributed by atoms with Crippen LogP contribution in [0.15, 0.2) is 26.7 Å². The number of carbonyl (C=O) groups excluding carboxylic acids is 1. The highest BCUT2D eigenvalue weighted by Gasteiger charge is 2.24. The Morgan fingerprint density at radius 3 is 2.78 bits per heavy atom. The Kier molecular flexibility index (Phi) is 4.95. The first-order valence-electron chi connectivity index (χ1n) is 8.09. The maximum absolute atomic E-state index is 12.4. The maximum atomic E-state index is 12.4. The molecule has 2 aromatic heterocycles. The molecule has 0 bridgehead atoms. The number of carbonyl (C=O) groups is 1. The number of rotatable bonds is 4. The third-order valence-corrected chi connectivity index (χ3v) is 5.11. The van der Waals surface area contributed by atoms with Crippen molar-refractivity contribution in [1.29, 1.82) is 0 Å². The van der Waals surface area contributed by atoms with Gasteiger partial charge in [0.1, 0.15) is 6.04 Å². The second-order valence-corrected chi connectivity index (χ2v) is 6.92. The molecule has 1 aliphatic carbocycles. The second kappa shape index (κ2) is 7.12. The molecule has 1 saturated carbocycles. The van der Waals surface area contributed by atoms with Crippen LogP contribution in [0.25, 0.3) is 10.8 Å². The van der Waals surface area contributed by atoms with Gasteiger partial charge in [-0.1, -0.05) is 31.7 Å². The van der Waals surface area contributed by atoms with Gasteiger partial charge in [-0.15, -0.1) is 16.4 Å². The molecule has 1 N–H and O–H groups in total. The van der Waals surface area contributed by atoms with Crippen LogP contribution in [-0.2, 0) is 4.79 Å². The van der Waals surface area contributed by atoms with Crippen LogP contribution in [-0.4, -0.2) is 21.7 Å². The highest BCUT2D eigenvalue weighted by atomic mass is 32.1. The molecule has 0 aliphatic heterocycles. The highest BCUT2D eigenvalue weighted by molar-refractivity contribution is 7.13. The van der Waals surface area contributed by atoms with Gasteiger partial charge in [0.25, 0.3) is 5.89 Å². The summed E-state index contributed by atoms with van der Waals surface area (Å²) in [5.74, 6) is -0.513. The number of hydrogen-bond donors (Lipinski definition) is 1. The summed E-state index contributed by atoms with van der Waals surface area (Å²) >= 11 is 1.44. The number of thiophene rings is 1. The lowest BCUT2D eigenvalue weighted by Crippen LogP contribution is -2.40. The van der Waals surface area contributed by atoms with Gasteiger partial charge in [0.05, 0.1) is 4.88 Å². The molecule has 1 fully saturated rings. The summed E-state index contributed by atoms with van der Waals surface area (Å²) in [6.45, 7) is 1.67. The van der Waals surface area contributed by atoms with E-state index in [4.69, 9.17) is 4.42 Å². The van der Waals surface area contributed by atoms with E-state index in [1.165, 1.54) is 24.2 Å².